The molecule has 0 unspecified atom stereocenters. The van der Waals surface area contributed by atoms with Gasteiger partial charge in [0, 0.05) is 57.4 Å². The molecule has 258 valence electrons. The Kier molecular flexibility index (Phi) is 7.61. The number of rotatable bonds is 6. The van der Waals surface area contributed by atoms with Crippen molar-refractivity contribution in [2.45, 2.75) is 0 Å². The molecule has 0 aliphatic rings. The molecule has 11 rings (SSSR count). The van der Waals surface area contributed by atoms with Crippen LogP contribution < -0.4 is 4.90 Å². The monoisotopic (exact) mass is 735 g/mol. The van der Waals surface area contributed by atoms with Crippen LogP contribution in [-0.2, 0) is 0 Å². The van der Waals surface area contributed by atoms with Gasteiger partial charge < -0.3 is 4.90 Å². The molecule has 2 heterocycles. The molecule has 0 atom stereocenters. The minimum absolute atomic E-state index is 1.11. The van der Waals surface area contributed by atoms with E-state index in [2.05, 4.69) is 205 Å². The van der Waals surface area contributed by atoms with Crippen LogP contribution in [0.5, 0.6) is 0 Å². The lowest BCUT2D eigenvalue weighted by molar-refractivity contribution is 1.28. The molecule has 0 saturated heterocycles. The van der Waals surface area contributed by atoms with Crippen LogP contribution >= 0.6 is 22.7 Å². The molecule has 0 bridgehead atoms. The molecular formula is C52H33NS2. The van der Waals surface area contributed by atoms with Crippen molar-refractivity contribution in [3.63, 3.8) is 0 Å². The van der Waals surface area contributed by atoms with Crippen molar-refractivity contribution in [3.8, 4) is 33.4 Å². The molecule has 0 aliphatic carbocycles. The van der Waals surface area contributed by atoms with Crippen molar-refractivity contribution in [1.29, 1.82) is 0 Å². The largest absolute Gasteiger partial charge is 0.310 e. The van der Waals surface area contributed by atoms with Gasteiger partial charge in [0.15, 0.2) is 0 Å². The topological polar surface area (TPSA) is 3.24 Å². The van der Waals surface area contributed by atoms with E-state index < -0.39 is 0 Å². The second kappa shape index (κ2) is 13.1. The molecule has 0 fully saturated rings. The minimum Gasteiger partial charge on any atom is -0.310 e. The molecule has 55 heavy (non-hydrogen) atoms. The maximum atomic E-state index is 2.39. The quantitative estimate of drug-likeness (QED) is 0.164. The van der Waals surface area contributed by atoms with Gasteiger partial charge >= 0.3 is 0 Å². The van der Waals surface area contributed by atoms with Gasteiger partial charge in [-0.2, -0.15) is 0 Å². The number of hydrogen-bond acceptors (Lipinski definition) is 3. The Balaban J connectivity index is 1.03. The number of benzene rings is 9. The Morgan fingerprint density at radius 3 is 1.60 bits per heavy atom. The van der Waals surface area contributed by atoms with E-state index in [1.807, 2.05) is 22.7 Å². The van der Waals surface area contributed by atoms with Crippen molar-refractivity contribution >= 4 is 90.9 Å². The van der Waals surface area contributed by atoms with Crippen LogP contribution in [0.2, 0.25) is 0 Å². The highest BCUT2D eigenvalue weighted by Crippen LogP contribution is 2.43. The van der Waals surface area contributed by atoms with E-state index in [9.17, 15) is 0 Å². The first-order valence-electron chi connectivity index (χ1n) is 18.7. The van der Waals surface area contributed by atoms with Gasteiger partial charge in [-0.3, -0.25) is 0 Å². The van der Waals surface area contributed by atoms with E-state index in [4.69, 9.17) is 0 Å². The predicted octanol–water partition coefficient (Wildman–Crippen LogP) is 16.0. The van der Waals surface area contributed by atoms with Gasteiger partial charge in [0.05, 0.1) is 0 Å². The molecule has 2 aromatic heterocycles. The smallest absolute Gasteiger partial charge is 0.0467 e. The van der Waals surface area contributed by atoms with E-state index in [1.54, 1.807) is 0 Å². The van der Waals surface area contributed by atoms with E-state index in [-0.39, 0.29) is 0 Å². The van der Waals surface area contributed by atoms with Crippen LogP contribution in [0.4, 0.5) is 17.1 Å². The highest BCUT2D eigenvalue weighted by Gasteiger charge is 2.17. The Bertz CT molecular complexity index is 3200. The SMILES string of the molecule is c1cc(-c2ccc3sc4ccccc4c3c2)cc(N(c2ccc(-c3cccc4ccccc34)cc2)c2ccc(-c3cccc4c3sc3ccccc34)cc2)c1. The van der Waals surface area contributed by atoms with E-state index in [0.29, 0.717) is 0 Å². The second-order valence-corrected chi connectivity index (χ2v) is 16.2. The Labute approximate surface area is 327 Å². The van der Waals surface area contributed by atoms with Crippen LogP contribution in [-0.4, -0.2) is 0 Å². The van der Waals surface area contributed by atoms with Gasteiger partial charge in [-0.25, -0.2) is 0 Å². The van der Waals surface area contributed by atoms with Crippen molar-refractivity contribution < 1.29 is 0 Å². The lowest BCUT2D eigenvalue weighted by Crippen LogP contribution is -2.10. The van der Waals surface area contributed by atoms with Crippen LogP contribution in [0.15, 0.2) is 200 Å². The first-order valence-corrected chi connectivity index (χ1v) is 20.3. The van der Waals surface area contributed by atoms with Crippen LogP contribution in [0.25, 0.3) is 84.5 Å². The molecule has 9 aromatic carbocycles. The molecule has 0 N–H and O–H groups in total. The summed E-state index contributed by atoms with van der Waals surface area (Å²) >= 11 is 3.74. The summed E-state index contributed by atoms with van der Waals surface area (Å²) in [5.41, 5.74) is 10.7. The van der Waals surface area contributed by atoms with Gasteiger partial charge in [-0.1, -0.05) is 140 Å². The summed E-state index contributed by atoms with van der Waals surface area (Å²) in [5, 5.41) is 7.80. The lowest BCUT2D eigenvalue weighted by Gasteiger charge is -2.26. The zero-order chi connectivity index (χ0) is 36.3. The fraction of sp³-hybridized carbons (Fsp3) is 0. The van der Waals surface area contributed by atoms with Crippen LogP contribution in [0.1, 0.15) is 0 Å². The van der Waals surface area contributed by atoms with Gasteiger partial charge in [0.25, 0.3) is 0 Å². The molecule has 1 nitrogen and oxygen atoms in total. The zero-order valence-corrected chi connectivity index (χ0v) is 31.4. The maximum Gasteiger partial charge on any atom is 0.0467 e. The van der Waals surface area contributed by atoms with Crippen LogP contribution in [0, 0.1) is 0 Å². The molecule has 0 aliphatic heterocycles. The van der Waals surface area contributed by atoms with Gasteiger partial charge in [-0.15, -0.1) is 22.7 Å². The lowest BCUT2D eigenvalue weighted by atomic mass is 9.98. The summed E-state index contributed by atoms with van der Waals surface area (Å²) in [6.45, 7) is 0. The molecule has 0 saturated carbocycles. The van der Waals surface area contributed by atoms with E-state index in [0.717, 1.165) is 17.1 Å². The summed E-state index contributed by atoms with van der Waals surface area (Å²) in [6, 6.07) is 73.4. The molecule has 0 spiro atoms. The third-order valence-electron chi connectivity index (χ3n) is 10.9. The van der Waals surface area contributed by atoms with Gasteiger partial charge in [-0.05, 0) is 105 Å². The number of anilines is 3. The van der Waals surface area contributed by atoms with Crippen LogP contribution in [0.3, 0.4) is 0 Å². The van der Waals surface area contributed by atoms with Crippen molar-refractivity contribution in [2.24, 2.45) is 0 Å². The molecule has 0 radical (unpaired) electrons. The highest BCUT2D eigenvalue weighted by molar-refractivity contribution is 7.26. The third kappa shape index (κ3) is 5.51. The van der Waals surface area contributed by atoms with Crippen molar-refractivity contribution in [2.75, 3.05) is 4.90 Å². The fourth-order valence-corrected chi connectivity index (χ4v) is 10.5. The Hall–Kier alpha value is -6.52. The summed E-state index contributed by atoms with van der Waals surface area (Å²) < 4.78 is 5.31. The minimum atomic E-state index is 1.11. The van der Waals surface area contributed by atoms with E-state index in [1.165, 1.54) is 84.5 Å². The molecule has 11 aromatic rings. The van der Waals surface area contributed by atoms with Gasteiger partial charge in [0.2, 0.25) is 0 Å². The summed E-state index contributed by atoms with van der Waals surface area (Å²) in [4.78, 5) is 2.39. The first kappa shape index (κ1) is 32.0. The van der Waals surface area contributed by atoms with Crippen molar-refractivity contribution in [3.05, 3.63) is 200 Å². The normalized spacial score (nSPS) is 11.6. The van der Waals surface area contributed by atoms with Crippen molar-refractivity contribution in [1.82, 2.24) is 0 Å². The average Bonchev–Trinajstić information content (AvgIpc) is 3.83. The highest BCUT2D eigenvalue weighted by atomic mass is 32.1. The summed E-state index contributed by atoms with van der Waals surface area (Å²) in [6.07, 6.45) is 0. The standard InChI is InChI=1S/C52H33NS2/c1-2-14-42-34(10-1)11-8-17-43(42)35-22-27-39(28-23-35)53(40-29-24-36(25-30-40)44-18-9-19-47-45-15-3-6-21-50(45)55-52(44)47)41-13-7-12-37(32-41)38-26-31-51-48(33-38)46-16-4-5-20-49(46)54-51/h1-33H. The number of nitrogens with zero attached hydrogens (tertiary/aromatic N) is 1. The predicted molar refractivity (Wildman–Crippen MR) is 241 cm³/mol. The van der Waals surface area contributed by atoms with Gasteiger partial charge in [0.1, 0.15) is 0 Å². The first-order chi connectivity index (χ1) is 27.2. The molecule has 0 amide bonds. The summed E-state index contributed by atoms with van der Waals surface area (Å²) in [7, 11) is 0. The van der Waals surface area contributed by atoms with E-state index >= 15 is 0 Å². The average molecular weight is 736 g/mol. The fourth-order valence-electron chi connectivity index (χ4n) is 8.21. The second-order valence-electron chi connectivity index (χ2n) is 14.1. The zero-order valence-electron chi connectivity index (χ0n) is 29.8. The molecular weight excluding hydrogens is 703 g/mol. The maximum absolute atomic E-state index is 2.39. The Morgan fingerprint density at radius 2 is 0.818 bits per heavy atom. The number of fused-ring (bicyclic) bond motifs is 7. The summed E-state index contributed by atoms with van der Waals surface area (Å²) in [5.74, 6) is 0. The third-order valence-corrected chi connectivity index (χ3v) is 13.3. The molecule has 3 heteroatoms. The Morgan fingerprint density at radius 1 is 0.291 bits per heavy atom. The number of thiophene rings is 2. The number of hydrogen-bond donors (Lipinski definition) is 0.